The lowest BCUT2D eigenvalue weighted by Gasteiger charge is -2.06. The van der Waals surface area contributed by atoms with Crippen molar-refractivity contribution in [1.29, 1.82) is 0 Å². The van der Waals surface area contributed by atoms with Gasteiger partial charge in [0.05, 0.1) is 5.75 Å². The topological polar surface area (TPSA) is 49.3 Å². The summed E-state index contributed by atoms with van der Waals surface area (Å²) in [4.78, 5) is 12.8. The van der Waals surface area contributed by atoms with E-state index in [9.17, 15) is 9.90 Å². The molecule has 20 heavy (non-hydrogen) atoms. The van der Waals surface area contributed by atoms with E-state index in [0.717, 1.165) is 17.0 Å². The van der Waals surface area contributed by atoms with Gasteiger partial charge in [0.1, 0.15) is 5.75 Å². The average molecular weight is 287 g/mol. The van der Waals surface area contributed by atoms with E-state index in [1.54, 1.807) is 24.3 Å². The van der Waals surface area contributed by atoms with Crippen LogP contribution in [-0.2, 0) is 11.2 Å². The lowest BCUT2D eigenvalue weighted by atomic mass is 10.1. The number of nitrogens with one attached hydrogen (secondary N) is 1. The zero-order chi connectivity index (χ0) is 14.4. The number of aryl methyl sites for hydroxylation is 1. The van der Waals surface area contributed by atoms with E-state index in [-0.39, 0.29) is 11.7 Å². The molecule has 0 heterocycles. The quantitative estimate of drug-likeness (QED) is 0.825. The van der Waals surface area contributed by atoms with Gasteiger partial charge in [-0.1, -0.05) is 19.1 Å². The van der Waals surface area contributed by atoms with Crippen LogP contribution in [-0.4, -0.2) is 16.8 Å². The Bertz CT molecular complexity index is 581. The molecule has 0 aliphatic carbocycles. The molecule has 2 aromatic rings. The minimum Gasteiger partial charge on any atom is -0.508 e. The highest BCUT2D eigenvalue weighted by molar-refractivity contribution is 8.00. The van der Waals surface area contributed by atoms with Crippen molar-refractivity contribution in [2.24, 2.45) is 0 Å². The van der Waals surface area contributed by atoms with Crippen molar-refractivity contribution < 1.29 is 9.90 Å². The highest BCUT2D eigenvalue weighted by atomic mass is 32.2. The summed E-state index contributed by atoms with van der Waals surface area (Å²) in [5.41, 5.74) is 2.04. The number of rotatable bonds is 5. The summed E-state index contributed by atoms with van der Waals surface area (Å²) < 4.78 is 0. The van der Waals surface area contributed by atoms with Gasteiger partial charge in [0.2, 0.25) is 5.91 Å². The predicted octanol–water partition coefficient (Wildman–Crippen LogP) is 3.69. The average Bonchev–Trinajstić information content (AvgIpc) is 2.47. The molecular formula is C16H17NO2S. The third kappa shape index (κ3) is 4.31. The molecule has 2 aromatic carbocycles. The normalized spacial score (nSPS) is 10.2. The summed E-state index contributed by atoms with van der Waals surface area (Å²) in [6.45, 7) is 2.08. The van der Waals surface area contributed by atoms with Crippen LogP contribution in [0.15, 0.2) is 53.4 Å². The molecule has 2 rings (SSSR count). The van der Waals surface area contributed by atoms with E-state index in [1.807, 2.05) is 24.3 Å². The van der Waals surface area contributed by atoms with Crippen LogP contribution in [0.4, 0.5) is 5.69 Å². The Labute approximate surface area is 123 Å². The molecule has 0 unspecified atom stereocenters. The van der Waals surface area contributed by atoms with Gasteiger partial charge in [-0.2, -0.15) is 0 Å². The lowest BCUT2D eigenvalue weighted by molar-refractivity contribution is -0.113. The Kier molecular flexibility index (Phi) is 5.07. The second kappa shape index (κ2) is 7.01. The summed E-state index contributed by atoms with van der Waals surface area (Å²) in [5, 5.41) is 12.1. The third-order valence-corrected chi connectivity index (χ3v) is 3.84. The van der Waals surface area contributed by atoms with Crippen molar-refractivity contribution in [1.82, 2.24) is 0 Å². The Balaban J connectivity index is 1.87. The molecule has 104 valence electrons. The summed E-state index contributed by atoms with van der Waals surface area (Å²) in [6.07, 6.45) is 0.950. The number of aromatic hydroxyl groups is 1. The van der Waals surface area contributed by atoms with Crippen molar-refractivity contribution in [2.75, 3.05) is 11.1 Å². The van der Waals surface area contributed by atoms with Crippen molar-refractivity contribution in [3.05, 3.63) is 54.1 Å². The number of hydrogen-bond acceptors (Lipinski definition) is 3. The maximum absolute atomic E-state index is 11.9. The number of phenolic OH excluding ortho intramolecular Hbond substituents is 1. The minimum atomic E-state index is -0.0312. The number of carbonyl (C=O) groups is 1. The van der Waals surface area contributed by atoms with Crippen LogP contribution in [0, 0.1) is 0 Å². The molecule has 0 saturated carbocycles. The molecule has 4 heteroatoms. The van der Waals surface area contributed by atoms with E-state index in [2.05, 4.69) is 12.2 Å². The van der Waals surface area contributed by atoms with E-state index >= 15 is 0 Å². The summed E-state index contributed by atoms with van der Waals surface area (Å²) in [5.74, 6) is 0.549. The molecular weight excluding hydrogens is 270 g/mol. The molecule has 0 radical (unpaired) electrons. The Hall–Kier alpha value is -1.94. The number of phenols is 1. The second-order valence-corrected chi connectivity index (χ2v) is 5.43. The Morgan fingerprint density at radius 1 is 1.20 bits per heavy atom. The van der Waals surface area contributed by atoms with Crippen LogP contribution in [0.1, 0.15) is 12.5 Å². The van der Waals surface area contributed by atoms with Gasteiger partial charge in [-0.15, -0.1) is 11.8 Å². The number of carbonyl (C=O) groups excluding carboxylic acids is 1. The first-order valence-corrected chi connectivity index (χ1v) is 7.46. The Morgan fingerprint density at radius 3 is 2.65 bits per heavy atom. The van der Waals surface area contributed by atoms with Gasteiger partial charge >= 0.3 is 0 Å². The van der Waals surface area contributed by atoms with Crippen molar-refractivity contribution in [3.8, 4) is 5.75 Å². The zero-order valence-corrected chi connectivity index (χ0v) is 12.1. The molecule has 1 amide bonds. The first-order valence-electron chi connectivity index (χ1n) is 6.48. The highest BCUT2D eigenvalue weighted by Crippen LogP contribution is 2.21. The SMILES string of the molecule is CCc1cccc(NC(=O)CSc2ccc(O)cc2)c1. The smallest absolute Gasteiger partial charge is 0.234 e. The minimum absolute atomic E-state index is 0.0312. The summed E-state index contributed by atoms with van der Waals surface area (Å²) >= 11 is 1.44. The van der Waals surface area contributed by atoms with Crippen LogP contribution in [0.3, 0.4) is 0 Å². The molecule has 0 aromatic heterocycles. The molecule has 0 bridgehead atoms. The van der Waals surface area contributed by atoms with Crippen LogP contribution in [0.5, 0.6) is 5.75 Å². The first kappa shape index (κ1) is 14.5. The van der Waals surface area contributed by atoms with Gasteiger partial charge in [-0.05, 0) is 48.4 Å². The molecule has 0 spiro atoms. The summed E-state index contributed by atoms with van der Waals surface area (Å²) in [6, 6.07) is 14.7. The predicted molar refractivity (Wildman–Crippen MR) is 83.3 cm³/mol. The van der Waals surface area contributed by atoms with Gasteiger partial charge in [-0.3, -0.25) is 4.79 Å². The van der Waals surface area contributed by atoms with E-state index < -0.39 is 0 Å². The third-order valence-electron chi connectivity index (χ3n) is 2.83. The largest absolute Gasteiger partial charge is 0.508 e. The highest BCUT2D eigenvalue weighted by Gasteiger charge is 2.04. The molecule has 0 atom stereocenters. The zero-order valence-electron chi connectivity index (χ0n) is 11.3. The van der Waals surface area contributed by atoms with Crippen molar-refractivity contribution >= 4 is 23.4 Å². The van der Waals surface area contributed by atoms with Crippen LogP contribution >= 0.6 is 11.8 Å². The molecule has 0 fully saturated rings. The molecule has 3 nitrogen and oxygen atoms in total. The van der Waals surface area contributed by atoms with E-state index in [1.165, 1.54) is 17.3 Å². The van der Waals surface area contributed by atoms with Crippen LogP contribution in [0.25, 0.3) is 0 Å². The number of anilines is 1. The fourth-order valence-corrected chi connectivity index (χ4v) is 2.46. The summed E-state index contributed by atoms with van der Waals surface area (Å²) in [7, 11) is 0. The second-order valence-electron chi connectivity index (χ2n) is 4.38. The van der Waals surface area contributed by atoms with Crippen molar-refractivity contribution in [2.45, 2.75) is 18.2 Å². The van der Waals surface area contributed by atoms with Gasteiger partial charge in [-0.25, -0.2) is 0 Å². The van der Waals surface area contributed by atoms with Crippen molar-refractivity contribution in [3.63, 3.8) is 0 Å². The van der Waals surface area contributed by atoms with E-state index in [0.29, 0.717) is 5.75 Å². The molecule has 0 aliphatic heterocycles. The number of hydrogen-bond donors (Lipinski definition) is 2. The fraction of sp³-hybridized carbons (Fsp3) is 0.188. The maximum Gasteiger partial charge on any atom is 0.234 e. The molecule has 2 N–H and O–H groups in total. The van der Waals surface area contributed by atoms with Crippen LogP contribution in [0.2, 0.25) is 0 Å². The molecule has 0 aliphatic rings. The van der Waals surface area contributed by atoms with E-state index in [4.69, 9.17) is 0 Å². The van der Waals surface area contributed by atoms with Gasteiger partial charge in [0.25, 0.3) is 0 Å². The lowest BCUT2D eigenvalue weighted by Crippen LogP contribution is -2.14. The first-order chi connectivity index (χ1) is 9.67. The standard InChI is InChI=1S/C16H17NO2S/c1-2-12-4-3-5-13(10-12)17-16(19)11-20-15-8-6-14(18)7-9-15/h3-10,18H,2,11H2,1H3,(H,17,19). The maximum atomic E-state index is 11.9. The van der Waals surface area contributed by atoms with Gasteiger partial charge in [0.15, 0.2) is 0 Å². The number of thioether (sulfide) groups is 1. The van der Waals surface area contributed by atoms with Crippen LogP contribution < -0.4 is 5.32 Å². The number of benzene rings is 2. The number of amides is 1. The van der Waals surface area contributed by atoms with Gasteiger partial charge < -0.3 is 10.4 Å². The monoisotopic (exact) mass is 287 g/mol. The fourth-order valence-electron chi connectivity index (χ4n) is 1.76. The molecule has 0 saturated heterocycles. The van der Waals surface area contributed by atoms with Gasteiger partial charge in [0, 0.05) is 10.6 Å². The Morgan fingerprint density at radius 2 is 1.95 bits per heavy atom.